The molecule has 1 N–H and O–H groups in total. The maximum atomic E-state index is 6.16. The molecule has 3 nitrogen and oxygen atoms in total. The second-order valence-corrected chi connectivity index (χ2v) is 7.71. The van der Waals surface area contributed by atoms with Crippen LogP contribution in [0.4, 0.5) is 0 Å². The van der Waals surface area contributed by atoms with E-state index in [0.29, 0.717) is 5.41 Å². The highest BCUT2D eigenvalue weighted by Crippen LogP contribution is 2.31. The molecule has 1 saturated heterocycles. The number of rotatable bonds is 6. The van der Waals surface area contributed by atoms with Crippen molar-refractivity contribution in [2.45, 2.75) is 66.1 Å². The largest absolute Gasteiger partial charge is 0.367 e. The lowest BCUT2D eigenvalue weighted by molar-refractivity contribution is -0.184. The molecule has 1 unspecified atom stereocenters. The highest BCUT2D eigenvalue weighted by molar-refractivity contribution is 4.92. The highest BCUT2D eigenvalue weighted by atomic mass is 16.5. The molecule has 0 aromatic carbocycles. The summed E-state index contributed by atoms with van der Waals surface area (Å²) in [7, 11) is 0. The number of ether oxygens (including phenoxy) is 1. The first-order valence-corrected chi connectivity index (χ1v) is 7.75. The van der Waals surface area contributed by atoms with Crippen LogP contribution in [0.3, 0.4) is 0 Å². The Bertz CT molecular complexity index is 272. The van der Waals surface area contributed by atoms with Gasteiger partial charge in [0, 0.05) is 26.2 Å². The average Bonchev–Trinajstić information content (AvgIpc) is 2.22. The molecule has 0 spiro atoms. The second kappa shape index (κ2) is 6.11. The Kier molecular flexibility index (Phi) is 5.44. The molecule has 114 valence electrons. The molecule has 1 rings (SSSR count). The molecule has 1 fully saturated rings. The fourth-order valence-electron chi connectivity index (χ4n) is 3.32. The van der Waals surface area contributed by atoms with Gasteiger partial charge in [-0.25, -0.2) is 0 Å². The lowest BCUT2D eigenvalue weighted by Crippen LogP contribution is -2.59. The molecule has 0 saturated carbocycles. The molecule has 1 aliphatic rings. The minimum absolute atomic E-state index is 0.0470. The maximum absolute atomic E-state index is 6.16. The summed E-state index contributed by atoms with van der Waals surface area (Å²) in [5.74, 6) is 0. The molecule has 3 heteroatoms. The Morgan fingerprint density at radius 2 is 1.63 bits per heavy atom. The van der Waals surface area contributed by atoms with E-state index in [9.17, 15) is 0 Å². The van der Waals surface area contributed by atoms with E-state index in [1.165, 1.54) is 6.42 Å². The smallest absolute Gasteiger partial charge is 0.0760 e. The molecule has 1 heterocycles. The van der Waals surface area contributed by atoms with Crippen molar-refractivity contribution in [1.29, 1.82) is 0 Å². The van der Waals surface area contributed by atoms with E-state index in [1.54, 1.807) is 0 Å². The number of nitrogens with one attached hydrogen (secondary N) is 1. The fourth-order valence-corrected chi connectivity index (χ4v) is 3.32. The van der Waals surface area contributed by atoms with Gasteiger partial charge in [-0.1, -0.05) is 20.8 Å². The van der Waals surface area contributed by atoms with E-state index in [1.807, 2.05) is 0 Å². The number of hydrogen-bond donors (Lipinski definition) is 1. The Hall–Kier alpha value is -0.120. The molecular formula is C16H34N2O. The zero-order valence-electron chi connectivity index (χ0n) is 14.1. The molecule has 0 amide bonds. The molecule has 0 aliphatic carbocycles. The van der Waals surface area contributed by atoms with Crippen LogP contribution in [0.5, 0.6) is 0 Å². The predicted molar refractivity (Wildman–Crippen MR) is 82.6 cm³/mol. The summed E-state index contributed by atoms with van der Waals surface area (Å²) in [4.78, 5) is 2.59. The van der Waals surface area contributed by atoms with E-state index >= 15 is 0 Å². The van der Waals surface area contributed by atoms with Crippen molar-refractivity contribution in [2.24, 2.45) is 5.41 Å². The Balaban J connectivity index is 2.68. The van der Waals surface area contributed by atoms with E-state index in [-0.39, 0.29) is 11.2 Å². The standard InChI is InChI=1S/C16H34N2O/c1-8-16(7,10-17-9-2)13-18-11-14(3,4)19-15(5,6)12-18/h17H,8-13H2,1-7H3. The van der Waals surface area contributed by atoms with Gasteiger partial charge in [-0.15, -0.1) is 0 Å². The minimum Gasteiger partial charge on any atom is -0.367 e. The summed E-state index contributed by atoms with van der Waals surface area (Å²) < 4.78 is 6.16. The Labute approximate surface area is 120 Å². The van der Waals surface area contributed by atoms with Gasteiger partial charge < -0.3 is 10.1 Å². The topological polar surface area (TPSA) is 24.5 Å². The van der Waals surface area contributed by atoms with Gasteiger partial charge in [-0.05, 0) is 46.1 Å². The van der Waals surface area contributed by atoms with E-state index in [4.69, 9.17) is 4.74 Å². The Morgan fingerprint density at radius 1 is 1.11 bits per heavy atom. The minimum atomic E-state index is -0.0470. The molecule has 1 atom stereocenters. The lowest BCUT2D eigenvalue weighted by Gasteiger charge is -2.49. The van der Waals surface area contributed by atoms with E-state index in [0.717, 1.165) is 32.7 Å². The molecule has 19 heavy (non-hydrogen) atoms. The van der Waals surface area contributed by atoms with Crippen molar-refractivity contribution >= 4 is 0 Å². The maximum Gasteiger partial charge on any atom is 0.0760 e. The van der Waals surface area contributed by atoms with Gasteiger partial charge in [-0.2, -0.15) is 0 Å². The van der Waals surface area contributed by atoms with Crippen molar-refractivity contribution < 1.29 is 4.74 Å². The first-order chi connectivity index (χ1) is 8.61. The normalized spacial score (nSPS) is 26.1. The first-order valence-electron chi connectivity index (χ1n) is 7.75. The van der Waals surface area contributed by atoms with Gasteiger partial charge in [-0.3, -0.25) is 4.90 Å². The molecular weight excluding hydrogens is 236 g/mol. The quantitative estimate of drug-likeness (QED) is 0.803. The highest BCUT2D eigenvalue weighted by Gasteiger charge is 2.39. The van der Waals surface area contributed by atoms with Gasteiger partial charge in [0.2, 0.25) is 0 Å². The van der Waals surface area contributed by atoms with Crippen LogP contribution in [0.15, 0.2) is 0 Å². The number of hydrogen-bond acceptors (Lipinski definition) is 3. The molecule has 0 aromatic rings. The van der Waals surface area contributed by atoms with Crippen molar-refractivity contribution in [3.63, 3.8) is 0 Å². The third-order valence-electron chi connectivity index (χ3n) is 4.02. The molecule has 0 aromatic heterocycles. The van der Waals surface area contributed by atoms with Crippen LogP contribution in [0.25, 0.3) is 0 Å². The van der Waals surface area contributed by atoms with Crippen molar-refractivity contribution in [1.82, 2.24) is 10.2 Å². The van der Waals surface area contributed by atoms with Crippen LogP contribution in [0.2, 0.25) is 0 Å². The zero-order chi connectivity index (χ0) is 14.7. The van der Waals surface area contributed by atoms with Crippen molar-refractivity contribution in [3.8, 4) is 0 Å². The van der Waals surface area contributed by atoms with Gasteiger partial charge >= 0.3 is 0 Å². The number of morpholine rings is 1. The van der Waals surface area contributed by atoms with Crippen LogP contribution in [0, 0.1) is 5.41 Å². The van der Waals surface area contributed by atoms with Crippen molar-refractivity contribution in [3.05, 3.63) is 0 Å². The van der Waals surface area contributed by atoms with Crippen LogP contribution in [0.1, 0.15) is 54.9 Å². The van der Waals surface area contributed by atoms with Crippen LogP contribution in [-0.2, 0) is 4.74 Å². The second-order valence-electron chi connectivity index (χ2n) is 7.71. The molecule has 0 radical (unpaired) electrons. The van der Waals surface area contributed by atoms with Gasteiger partial charge in [0.25, 0.3) is 0 Å². The average molecular weight is 270 g/mol. The summed E-state index contributed by atoms with van der Waals surface area (Å²) in [6.45, 7) is 21.0. The monoisotopic (exact) mass is 270 g/mol. The zero-order valence-corrected chi connectivity index (χ0v) is 14.1. The summed E-state index contributed by atoms with van der Waals surface area (Å²) in [5.41, 5.74) is 0.253. The predicted octanol–water partition coefficient (Wildman–Crippen LogP) is 2.90. The molecule has 0 bridgehead atoms. The third-order valence-corrected chi connectivity index (χ3v) is 4.02. The third kappa shape index (κ3) is 5.41. The summed E-state index contributed by atoms with van der Waals surface area (Å²) >= 11 is 0. The SMILES string of the molecule is CCNCC(C)(CC)CN1CC(C)(C)OC(C)(C)C1. The molecule has 1 aliphatic heterocycles. The van der Waals surface area contributed by atoms with Crippen LogP contribution in [-0.4, -0.2) is 48.8 Å². The Morgan fingerprint density at radius 3 is 2.05 bits per heavy atom. The van der Waals surface area contributed by atoms with E-state index < -0.39 is 0 Å². The number of nitrogens with zero attached hydrogens (tertiary/aromatic N) is 1. The summed E-state index contributed by atoms with van der Waals surface area (Å²) in [6, 6.07) is 0. The van der Waals surface area contributed by atoms with Crippen LogP contribution >= 0.6 is 0 Å². The first kappa shape index (κ1) is 16.9. The van der Waals surface area contributed by atoms with Crippen molar-refractivity contribution in [2.75, 3.05) is 32.7 Å². The fraction of sp³-hybridized carbons (Fsp3) is 1.00. The van der Waals surface area contributed by atoms with Gasteiger partial charge in [0.15, 0.2) is 0 Å². The lowest BCUT2D eigenvalue weighted by atomic mass is 9.85. The van der Waals surface area contributed by atoms with E-state index in [2.05, 4.69) is 58.7 Å². The summed E-state index contributed by atoms with van der Waals surface area (Å²) in [6.07, 6.45) is 1.21. The van der Waals surface area contributed by atoms with Gasteiger partial charge in [0.1, 0.15) is 0 Å². The van der Waals surface area contributed by atoms with Gasteiger partial charge in [0.05, 0.1) is 11.2 Å². The van der Waals surface area contributed by atoms with Crippen LogP contribution < -0.4 is 5.32 Å². The summed E-state index contributed by atoms with van der Waals surface area (Å²) in [5, 5.41) is 3.51.